The number of carbonyl (C=O) groups is 1. The number of ether oxygens (including phenoxy) is 2. The van der Waals surface area contributed by atoms with Crippen molar-refractivity contribution in [2.75, 3.05) is 13.7 Å². The van der Waals surface area contributed by atoms with E-state index >= 15 is 0 Å². The maximum absolute atomic E-state index is 12.0. The van der Waals surface area contributed by atoms with Crippen LogP contribution in [-0.4, -0.2) is 25.3 Å². The van der Waals surface area contributed by atoms with Crippen LogP contribution in [0.25, 0.3) is 0 Å². The van der Waals surface area contributed by atoms with E-state index < -0.39 is 0 Å². The second-order valence-electron chi connectivity index (χ2n) is 7.55. The van der Waals surface area contributed by atoms with Gasteiger partial charge in [-0.15, -0.1) is 0 Å². The van der Waals surface area contributed by atoms with E-state index in [2.05, 4.69) is 31.3 Å². The second kappa shape index (κ2) is 6.11. The third-order valence-electron chi connectivity index (χ3n) is 6.26. The highest BCUT2D eigenvalue weighted by Crippen LogP contribution is 2.63. The largest absolute Gasteiger partial charge is 0.497 e. The van der Waals surface area contributed by atoms with Crippen LogP contribution in [0.1, 0.15) is 40.0 Å². The third-order valence-corrected chi connectivity index (χ3v) is 6.26. The van der Waals surface area contributed by atoms with E-state index in [1.54, 1.807) is 31.4 Å². The first-order valence-corrected chi connectivity index (χ1v) is 8.49. The van der Waals surface area contributed by atoms with Gasteiger partial charge in [0.05, 0.1) is 7.11 Å². The molecule has 130 valence electrons. The van der Waals surface area contributed by atoms with Gasteiger partial charge >= 0.3 is 0 Å². The maximum Gasteiger partial charge on any atom is 0.277 e. The molecule has 5 nitrogen and oxygen atoms in total. The van der Waals surface area contributed by atoms with Gasteiger partial charge in [-0.2, -0.15) is 5.10 Å². The summed E-state index contributed by atoms with van der Waals surface area (Å²) in [6, 6.07) is 7.15. The van der Waals surface area contributed by atoms with Crippen LogP contribution in [-0.2, 0) is 4.79 Å². The minimum absolute atomic E-state index is 0.0490. The molecule has 2 saturated carbocycles. The molecule has 2 aliphatic rings. The van der Waals surface area contributed by atoms with Gasteiger partial charge in [-0.05, 0) is 54.9 Å². The number of hydrogen-bond donors (Lipinski definition) is 1. The van der Waals surface area contributed by atoms with Crippen molar-refractivity contribution in [3.05, 3.63) is 24.3 Å². The number of amides is 1. The van der Waals surface area contributed by atoms with Gasteiger partial charge in [-0.25, -0.2) is 5.43 Å². The lowest BCUT2D eigenvalue weighted by Gasteiger charge is -2.34. The summed E-state index contributed by atoms with van der Waals surface area (Å²) >= 11 is 0. The van der Waals surface area contributed by atoms with E-state index in [0.717, 1.165) is 24.3 Å². The minimum atomic E-state index is -0.234. The average Bonchev–Trinajstić information content (AvgIpc) is 2.91. The first-order chi connectivity index (χ1) is 11.4. The predicted molar refractivity (Wildman–Crippen MR) is 93.3 cm³/mol. The molecule has 0 spiro atoms. The summed E-state index contributed by atoms with van der Waals surface area (Å²) in [6.07, 6.45) is 3.40. The van der Waals surface area contributed by atoms with E-state index in [0.29, 0.717) is 11.7 Å². The monoisotopic (exact) mass is 330 g/mol. The van der Waals surface area contributed by atoms with Crippen molar-refractivity contribution in [3.63, 3.8) is 0 Å². The van der Waals surface area contributed by atoms with Crippen LogP contribution in [0.4, 0.5) is 0 Å². The average molecular weight is 330 g/mol. The number of hydrazone groups is 1. The standard InChI is InChI=1S/C19H26N2O3/c1-18(2)13-9-10-19(18,3)16(11-13)20-21-17(22)12-24-15-7-5-14(23-4)6-8-15/h5-8,13H,9-12H2,1-4H3,(H,21,22)/b20-16-/t13-,19+/m1/s1. The maximum atomic E-state index is 12.0. The Morgan fingerprint density at radius 3 is 2.46 bits per heavy atom. The SMILES string of the molecule is COc1ccc(OCC(=O)N/N=C2/C[C@H]3CC[C@]2(C)C3(C)C)cc1. The summed E-state index contributed by atoms with van der Waals surface area (Å²) in [6.45, 7) is 6.87. The van der Waals surface area contributed by atoms with Crippen LogP contribution in [0.2, 0.25) is 0 Å². The van der Waals surface area contributed by atoms with Gasteiger partial charge < -0.3 is 9.47 Å². The van der Waals surface area contributed by atoms with E-state index in [1.807, 2.05) is 0 Å². The lowest BCUT2D eigenvalue weighted by molar-refractivity contribution is -0.123. The fraction of sp³-hybridized carbons (Fsp3) is 0.579. The lowest BCUT2D eigenvalue weighted by Crippen LogP contribution is -2.35. The van der Waals surface area contributed by atoms with Crippen molar-refractivity contribution in [1.82, 2.24) is 5.43 Å². The van der Waals surface area contributed by atoms with E-state index in [-0.39, 0.29) is 23.3 Å². The molecule has 0 unspecified atom stereocenters. The highest BCUT2D eigenvalue weighted by Gasteiger charge is 2.59. The van der Waals surface area contributed by atoms with Crippen LogP contribution in [0.5, 0.6) is 11.5 Å². The molecule has 2 aliphatic carbocycles. The van der Waals surface area contributed by atoms with E-state index in [9.17, 15) is 4.79 Å². The number of carbonyl (C=O) groups excluding carboxylic acids is 1. The molecule has 0 aliphatic heterocycles. The van der Waals surface area contributed by atoms with Crippen molar-refractivity contribution in [3.8, 4) is 11.5 Å². The molecule has 2 bridgehead atoms. The Morgan fingerprint density at radius 2 is 1.92 bits per heavy atom. The Kier molecular flexibility index (Phi) is 4.28. The van der Waals surface area contributed by atoms with Crippen LogP contribution in [0, 0.1) is 16.7 Å². The molecule has 1 amide bonds. The fourth-order valence-corrected chi connectivity index (χ4v) is 4.08. The van der Waals surface area contributed by atoms with Crippen molar-refractivity contribution in [1.29, 1.82) is 0 Å². The summed E-state index contributed by atoms with van der Waals surface area (Å²) in [5, 5.41) is 4.43. The van der Waals surface area contributed by atoms with Gasteiger partial charge in [-0.3, -0.25) is 4.79 Å². The van der Waals surface area contributed by atoms with Crippen molar-refractivity contribution in [2.24, 2.45) is 21.8 Å². The van der Waals surface area contributed by atoms with Crippen LogP contribution < -0.4 is 14.9 Å². The molecule has 5 heteroatoms. The summed E-state index contributed by atoms with van der Waals surface area (Å²) < 4.78 is 10.6. The smallest absolute Gasteiger partial charge is 0.277 e. The van der Waals surface area contributed by atoms with Gasteiger partial charge in [-0.1, -0.05) is 20.8 Å². The first kappa shape index (κ1) is 16.8. The number of fused-ring (bicyclic) bond motifs is 2. The van der Waals surface area contributed by atoms with Gasteiger partial charge in [0, 0.05) is 11.1 Å². The molecule has 2 fully saturated rings. The molecule has 0 aromatic heterocycles. The van der Waals surface area contributed by atoms with Gasteiger partial charge in [0.1, 0.15) is 11.5 Å². The van der Waals surface area contributed by atoms with Gasteiger partial charge in [0.15, 0.2) is 6.61 Å². The summed E-state index contributed by atoms with van der Waals surface area (Å²) in [5.41, 5.74) is 4.15. The van der Waals surface area contributed by atoms with Crippen LogP contribution >= 0.6 is 0 Å². The third kappa shape index (κ3) is 2.76. The van der Waals surface area contributed by atoms with Crippen LogP contribution in [0.15, 0.2) is 29.4 Å². The topological polar surface area (TPSA) is 59.9 Å². The molecule has 0 saturated heterocycles. The van der Waals surface area contributed by atoms with E-state index in [1.165, 1.54) is 6.42 Å². The highest BCUT2D eigenvalue weighted by molar-refractivity contribution is 5.95. The van der Waals surface area contributed by atoms with Gasteiger partial charge in [0.25, 0.3) is 5.91 Å². The second-order valence-corrected chi connectivity index (χ2v) is 7.55. The molecule has 1 aromatic carbocycles. The number of rotatable bonds is 5. The summed E-state index contributed by atoms with van der Waals surface area (Å²) in [4.78, 5) is 12.0. The minimum Gasteiger partial charge on any atom is -0.497 e. The summed E-state index contributed by atoms with van der Waals surface area (Å²) in [5.74, 6) is 1.83. The summed E-state index contributed by atoms with van der Waals surface area (Å²) in [7, 11) is 1.61. The zero-order valence-electron chi connectivity index (χ0n) is 14.9. The molecule has 1 aromatic rings. The normalized spacial score (nSPS) is 28.8. The molecular formula is C19H26N2O3. The molecule has 2 atom stereocenters. The molecular weight excluding hydrogens is 304 g/mol. The Morgan fingerprint density at radius 1 is 1.25 bits per heavy atom. The molecule has 0 heterocycles. The number of methoxy groups -OCH3 is 1. The molecule has 1 N–H and O–H groups in total. The zero-order valence-corrected chi connectivity index (χ0v) is 14.9. The number of nitrogens with one attached hydrogen (secondary N) is 1. The highest BCUT2D eigenvalue weighted by atomic mass is 16.5. The Labute approximate surface area is 143 Å². The van der Waals surface area contributed by atoms with Crippen molar-refractivity contribution in [2.45, 2.75) is 40.0 Å². The fourth-order valence-electron chi connectivity index (χ4n) is 4.08. The Hall–Kier alpha value is -2.04. The Balaban J connectivity index is 1.54. The van der Waals surface area contributed by atoms with Crippen LogP contribution in [0.3, 0.4) is 0 Å². The number of benzene rings is 1. The number of hydrogen-bond acceptors (Lipinski definition) is 4. The molecule has 0 radical (unpaired) electrons. The zero-order chi connectivity index (χ0) is 17.4. The Bertz CT molecular complexity index is 651. The van der Waals surface area contributed by atoms with E-state index in [4.69, 9.17) is 9.47 Å². The predicted octanol–water partition coefficient (Wildman–Crippen LogP) is 3.39. The molecule has 3 rings (SSSR count). The number of nitrogens with zero attached hydrogens (tertiary/aromatic N) is 1. The quantitative estimate of drug-likeness (QED) is 0.842. The van der Waals surface area contributed by atoms with Crippen molar-refractivity contribution < 1.29 is 14.3 Å². The lowest BCUT2D eigenvalue weighted by atomic mass is 9.70. The van der Waals surface area contributed by atoms with Crippen molar-refractivity contribution >= 4 is 11.6 Å². The first-order valence-electron chi connectivity index (χ1n) is 8.49. The molecule has 24 heavy (non-hydrogen) atoms. The van der Waals surface area contributed by atoms with Gasteiger partial charge in [0.2, 0.25) is 0 Å².